The molecule has 2 fully saturated rings. The number of halogens is 1. The maximum Gasteiger partial charge on any atom is 0.306 e. The third-order valence-electron chi connectivity index (χ3n) is 5.50. The summed E-state index contributed by atoms with van der Waals surface area (Å²) in [6, 6.07) is 0. The molecule has 2 saturated carbocycles. The lowest BCUT2D eigenvalue weighted by Gasteiger charge is -2.38. The highest BCUT2D eigenvalue weighted by Gasteiger charge is 2.62. The van der Waals surface area contributed by atoms with Gasteiger partial charge in [-0.1, -0.05) is 36.7 Å². The zero-order valence-electron chi connectivity index (χ0n) is 11.1. The molecular formula is C14H23BrO2. The molecule has 3 heteroatoms. The highest BCUT2D eigenvalue weighted by Crippen LogP contribution is 2.66. The van der Waals surface area contributed by atoms with Gasteiger partial charge in [-0.2, -0.15) is 0 Å². The van der Waals surface area contributed by atoms with Crippen LogP contribution in [-0.4, -0.2) is 17.4 Å². The normalized spacial score (nSPS) is 38.4. The lowest BCUT2D eigenvalue weighted by molar-refractivity contribution is -0.156. The van der Waals surface area contributed by atoms with Crippen LogP contribution in [0.1, 0.15) is 52.9 Å². The largest absolute Gasteiger partial charge is 0.462 e. The Kier molecular flexibility index (Phi) is 3.59. The van der Waals surface area contributed by atoms with Crippen LogP contribution in [0.15, 0.2) is 0 Å². The molecule has 0 aromatic carbocycles. The minimum Gasteiger partial charge on any atom is -0.462 e. The molecule has 0 N–H and O–H groups in total. The summed E-state index contributed by atoms with van der Waals surface area (Å²) >= 11 is 3.34. The van der Waals surface area contributed by atoms with E-state index in [1.807, 2.05) is 0 Å². The monoisotopic (exact) mass is 302 g/mol. The second-order valence-electron chi connectivity index (χ2n) is 6.38. The van der Waals surface area contributed by atoms with Gasteiger partial charge in [0, 0.05) is 17.2 Å². The summed E-state index contributed by atoms with van der Waals surface area (Å²) in [4.78, 5) is 11.7. The van der Waals surface area contributed by atoms with E-state index < -0.39 is 0 Å². The molecule has 2 rings (SSSR count). The van der Waals surface area contributed by atoms with Gasteiger partial charge in [0.1, 0.15) is 6.10 Å². The summed E-state index contributed by atoms with van der Waals surface area (Å²) in [5.74, 6) is 0.723. The minimum absolute atomic E-state index is 0.0148. The van der Waals surface area contributed by atoms with Gasteiger partial charge in [-0.25, -0.2) is 0 Å². The molecule has 0 aromatic heterocycles. The van der Waals surface area contributed by atoms with Crippen molar-refractivity contribution in [2.75, 3.05) is 5.33 Å². The number of fused-ring (bicyclic) bond motifs is 2. The Morgan fingerprint density at radius 2 is 2.12 bits per heavy atom. The van der Waals surface area contributed by atoms with Gasteiger partial charge in [0.25, 0.3) is 0 Å². The van der Waals surface area contributed by atoms with Crippen LogP contribution in [0, 0.1) is 16.7 Å². The Hall–Kier alpha value is -0.0500. The lowest BCUT2D eigenvalue weighted by atomic mass is 9.70. The smallest absolute Gasteiger partial charge is 0.306 e. The van der Waals surface area contributed by atoms with E-state index >= 15 is 0 Å². The molecule has 0 heterocycles. The maximum absolute atomic E-state index is 11.7. The van der Waals surface area contributed by atoms with Crippen LogP contribution in [-0.2, 0) is 9.53 Å². The molecule has 3 atom stereocenters. The van der Waals surface area contributed by atoms with Crippen molar-refractivity contribution < 1.29 is 9.53 Å². The van der Waals surface area contributed by atoms with E-state index in [2.05, 4.69) is 36.7 Å². The second-order valence-corrected chi connectivity index (χ2v) is 7.17. The van der Waals surface area contributed by atoms with E-state index in [4.69, 9.17) is 4.74 Å². The molecule has 0 radical (unpaired) electrons. The van der Waals surface area contributed by atoms with Crippen molar-refractivity contribution in [1.82, 2.24) is 0 Å². The quantitative estimate of drug-likeness (QED) is 0.581. The van der Waals surface area contributed by atoms with Gasteiger partial charge in [-0.05, 0) is 37.0 Å². The molecular weight excluding hydrogens is 280 g/mol. The molecule has 2 nitrogen and oxygen atoms in total. The Balaban J connectivity index is 1.98. The second kappa shape index (κ2) is 4.56. The topological polar surface area (TPSA) is 26.3 Å². The van der Waals surface area contributed by atoms with Gasteiger partial charge in [-0.3, -0.25) is 4.79 Å². The van der Waals surface area contributed by atoms with Crippen molar-refractivity contribution in [1.29, 1.82) is 0 Å². The molecule has 0 saturated heterocycles. The summed E-state index contributed by atoms with van der Waals surface area (Å²) < 4.78 is 5.73. The van der Waals surface area contributed by atoms with E-state index in [-0.39, 0.29) is 17.5 Å². The van der Waals surface area contributed by atoms with Gasteiger partial charge in [0.15, 0.2) is 0 Å². The fraction of sp³-hybridized carbons (Fsp3) is 0.929. The molecule has 17 heavy (non-hydrogen) atoms. The number of carbonyl (C=O) groups excluding carboxylic acids is 1. The standard InChI is InChI=1S/C14H23BrO2/c1-13(2)10-6-7-14(13,3)11(9-10)17-12(16)5-4-8-15/h10-11H,4-9H2,1-3H3/t10-,11+,14+/m0/s1. The van der Waals surface area contributed by atoms with Crippen molar-refractivity contribution in [3.63, 3.8) is 0 Å². The first-order chi connectivity index (χ1) is 7.91. The van der Waals surface area contributed by atoms with E-state index in [0.717, 1.165) is 24.1 Å². The fourth-order valence-corrected chi connectivity index (χ4v) is 4.02. The van der Waals surface area contributed by atoms with Crippen molar-refractivity contribution in [3.05, 3.63) is 0 Å². The van der Waals surface area contributed by atoms with Crippen LogP contribution in [0.4, 0.5) is 0 Å². The van der Waals surface area contributed by atoms with Crippen LogP contribution in [0.2, 0.25) is 0 Å². The molecule has 2 bridgehead atoms. The Labute approximate surface area is 113 Å². The summed E-state index contributed by atoms with van der Waals surface area (Å²) in [6.45, 7) is 7.00. The average Bonchev–Trinajstić information content (AvgIpc) is 2.59. The molecule has 2 aliphatic rings. The van der Waals surface area contributed by atoms with Crippen molar-refractivity contribution >= 4 is 21.9 Å². The fourth-order valence-electron chi connectivity index (χ4n) is 3.74. The first-order valence-electron chi connectivity index (χ1n) is 6.67. The third-order valence-corrected chi connectivity index (χ3v) is 6.06. The van der Waals surface area contributed by atoms with Crippen LogP contribution in [0.3, 0.4) is 0 Å². The first-order valence-corrected chi connectivity index (χ1v) is 7.79. The van der Waals surface area contributed by atoms with Crippen LogP contribution >= 0.6 is 15.9 Å². The number of hydrogen-bond donors (Lipinski definition) is 0. The number of carbonyl (C=O) groups is 1. The third kappa shape index (κ3) is 2.05. The minimum atomic E-state index is -0.0148. The molecule has 0 unspecified atom stereocenters. The number of rotatable bonds is 4. The average molecular weight is 303 g/mol. The SMILES string of the molecule is CC1(C)[C@H]2CC[C@]1(C)[C@H](OC(=O)CCCBr)C2. The molecule has 98 valence electrons. The van der Waals surface area contributed by atoms with Crippen molar-refractivity contribution in [3.8, 4) is 0 Å². The van der Waals surface area contributed by atoms with Crippen LogP contribution < -0.4 is 0 Å². The van der Waals surface area contributed by atoms with Crippen LogP contribution in [0.25, 0.3) is 0 Å². The molecule has 2 aliphatic carbocycles. The van der Waals surface area contributed by atoms with Crippen LogP contribution in [0.5, 0.6) is 0 Å². The van der Waals surface area contributed by atoms with Gasteiger partial charge in [0.2, 0.25) is 0 Å². The maximum atomic E-state index is 11.7. The summed E-state index contributed by atoms with van der Waals surface area (Å²) in [6.07, 6.45) is 5.15. The molecule has 0 spiro atoms. The lowest BCUT2D eigenvalue weighted by Crippen LogP contribution is -2.38. The van der Waals surface area contributed by atoms with E-state index in [1.54, 1.807) is 0 Å². The highest BCUT2D eigenvalue weighted by atomic mass is 79.9. The van der Waals surface area contributed by atoms with E-state index in [1.165, 1.54) is 12.8 Å². The predicted molar refractivity (Wildman–Crippen MR) is 72.1 cm³/mol. The summed E-state index contributed by atoms with van der Waals surface area (Å²) in [5, 5.41) is 0.873. The number of hydrogen-bond acceptors (Lipinski definition) is 2. The van der Waals surface area contributed by atoms with Gasteiger partial charge < -0.3 is 4.74 Å². The summed E-state index contributed by atoms with van der Waals surface area (Å²) in [7, 11) is 0. The zero-order valence-corrected chi connectivity index (χ0v) is 12.7. The Bertz CT molecular complexity index is 313. The van der Waals surface area contributed by atoms with E-state index in [9.17, 15) is 4.79 Å². The first kappa shape index (κ1) is 13.4. The van der Waals surface area contributed by atoms with Crippen molar-refractivity contribution in [2.24, 2.45) is 16.7 Å². The van der Waals surface area contributed by atoms with Gasteiger partial charge >= 0.3 is 5.97 Å². The highest BCUT2D eigenvalue weighted by molar-refractivity contribution is 9.09. The van der Waals surface area contributed by atoms with E-state index in [0.29, 0.717) is 11.8 Å². The Morgan fingerprint density at radius 1 is 1.41 bits per heavy atom. The molecule has 0 aliphatic heterocycles. The zero-order chi connectivity index (χ0) is 12.7. The van der Waals surface area contributed by atoms with Crippen molar-refractivity contribution in [2.45, 2.75) is 59.0 Å². The molecule has 0 aromatic rings. The molecule has 0 amide bonds. The number of alkyl halides is 1. The summed E-state index contributed by atoms with van der Waals surface area (Å²) in [5.41, 5.74) is 0.523. The predicted octanol–water partition coefficient (Wildman–Crippen LogP) is 3.92. The number of ether oxygens (including phenoxy) is 1. The Morgan fingerprint density at radius 3 is 2.59 bits per heavy atom. The van der Waals surface area contributed by atoms with Gasteiger partial charge in [-0.15, -0.1) is 0 Å². The van der Waals surface area contributed by atoms with Gasteiger partial charge in [0.05, 0.1) is 0 Å². The number of esters is 1.